The lowest BCUT2D eigenvalue weighted by atomic mass is 10.0. The maximum absolute atomic E-state index is 13.0. The molecule has 0 rings (SSSR count). The predicted molar refractivity (Wildman–Crippen MR) is 277 cm³/mol. The number of allylic oxidation sites excluding steroid dienone is 2. The number of carbonyl (C=O) groups is 1. The van der Waals surface area contributed by atoms with Gasteiger partial charge in [-0.15, -0.1) is 0 Å². The van der Waals surface area contributed by atoms with Crippen molar-refractivity contribution < 1.29 is 32.9 Å². The van der Waals surface area contributed by atoms with Gasteiger partial charge in [-0.3, -0.25) is 13.8 Å². The van der Waals surface area contributed by atoms with E-state index >= 15 is 0 Å². The molecule has 0 spiro atoms. The van der Waals surface area contributed by atoms with Crippen molar-refractivity contribution in [1.82, 2.24) is 5.32 Å². The molecule has 9 heteroatoms. The predicted octanol–water partition coefficient (Wildman–Crippen LogP) is 16.7. The zero-order valence-corrected chi connectivity index (χ0v) is 44.4. The van der Waals surface area contributed by atoms with Crippen LogP contribution in [0.4, 0.5) is 0 Å². The van der Waals surface area contributed by atoms with Gasteiger partial charge in [0.1, 0.15) is 13.2 Å². The molecule has 3 unspecified atom stereocenters. The Balaban J connectivity index is 4.18. The second kappa shape index (κ2) is 47.3. The molecule has 0 aromatic heterocycles. The van der Waals surface area contributed by atoms with E-state index in [0.29, 0.717) is 23.9 Å². The van der Waals surface area contributed by atoms with Crippen LogP contribution in [-0.4, -0.2) is 73.4 Å². The maximum Gasteiger partial charge on any atom is 0.472 e. The second-order valence-corrected chi connectivity index (χ2v) is 22.1. The van der Waals surface area contributed by atoms with Crippen molar-refractivity contribution >= 4 is 13.7 Å². The highest BCUT2D eigenvalue weighted by Crippen LogP contribution is 2.43. The smallest absolute Gasteiger partial charge is 0.391 e. The van der Waals surface area contributed by atoms with Crippen LogP contribution in [0.3, 0.4) is 0 Å². The van der Waals surface area contributed by atoms with Crippen LogP contribution >= 0.6 is 7.82 Å². The van der Waals surface area contributed by atoms with E-state index in [0.717, 1.165) is 38.5 Å². The number of likely N-dealkylation sites (N-methyl/N-ethyl adjacent to an activating group) is 1. The molecule has 1 amide bonds. The standard InChI is InChI=1S/C55H111N2O6P/c1-6-8-10-12-14-16-18-20-22-24-26-28-30-32-34-36-38-40-42-44-46-48-54(58)53(52-63-64(60,61)62-51-50-57(3,4)5)56-55(59)49-47-45-43-41-39-37-35-33-31-29-27-25-23-21-19-17-15-13-11-9-7-2/h25,27,53-54,58H,6-24,26,28-52H2,1-5H3,(H-,56,59,60,61)/p+1/b27-25-. The summed E-state index contributed by atoms with van der Waals surface area (Å²) in [7, 11) is 1.63. The van der Waals surface area contributed by atoms with E-state index in [9.17, 15) is 19.4 Å². The molecule has 64 heavy (non-hydrogen) atoms. The Morgan fingerprint density at radius 3 is 1.20 bits per heavy atom. The second-order valence-electron chi connectivity index (χ2n) is 20.7. The molecule has 0 radical (unpaired) electrons. The summed E-state index contributed by atoms with van der Waals surface area (Å²) in [4.78, 5) is 23.3. The van der Waals surface area contributed by atoms with Gasteiger partial charge in [-0.25, -0.2) is 4.57 Å². The summed E-state index contributed by atoms with van der Waals surface area (Å²) in [6.07, 6.45) is 56.8. The van der Waals surface area contributed by atoms with Crippen LogP contribution in [0.25, 0.3) is 0 Å². The molecule has 0 fully saturated rings. The van der Waals surface area contributed by atoms with Crippen molar-refractivity contribution in [2.75, 3.05) is 40.9 Å². The van der Waals surface area contributed by atoms with Crippen LogP contribution < -0.4 is 5.32 Å². The molecular weight excluding hydrogens is 816 g/mol. The number of carbonyl (C=O) groups excluding carboxylic acids is 1. The Morgan fingerprint density at radius 1 is 0.516 bits per heavy atom. The lowest BCUT2D eigenvalue weighted by Gasteiger charge is -2.26. The number of phosphoric ester groups is 1. The molecule has 0 saturated carbocycles. The molecule has 0 heterocycles. The zero-order chi connectivity index (χ0) is 47.1. The molecule has 0 aliphatic carbocycles. The number of nitrogens with one attached hydrogen (secondary N) is 1. The number of amides is 1. The van der Waals surface area contributed by atoms with Crippen molar-refractivity contribution in [2.45, 2.75) is 296 Å². The van der Waals surface area contributed by atoms with Crippen molar-refractivity contribution in [3.63, 3.8) is 0 Å². The summed E-state index contributed by atoms with van der Waals surface area (Å²) < 4.78 is 23.8. The first-order valence-corrected chi connectivity index (χ1v) is 29.5. The minimum Gasteiger partial charge on any atom is -0.391 e. The molecule has 0 bridgehead atoms. The third-order valence-corrected chi connectivity index (χ3v) is 14.0. The van der Waals surface area contributed by atoms with E-state index < -0.39 is 20.0 Å². The Hall–Kier alpha value is -0.760. The van der Waals surface area contributed by atoms with Gasteiger partial charge in [0.15, 0.2) is 0 Å². The van der Waals surface area contributed by atoms with Gasteiger partial charge in [-0.1, -0.05) is 251 Å². The average molecular weight is 928 g/mol. The highest BCUT2D eigenvalue weighted by molar-refractivity contribution is 7.47. The third kappa shape index (κ3) is 49.2. The lowest BCUT2D eigenvalue weighted by Crippen LogP contribution is -2.46. The average Bonchev–Trinajstić information content (AvgIpc) is 3.25. The van der Waals surface area contributed by atoms with E-state index in [1.165, 1.54) is 218 Å². The van der Waals surface area contributed by atoms with Crippen molar-refractivity contribution in [3.05, 3.63) is 12.2 Å². The third-order valence-electron chi connectivity index (χ3n) is 13.0. The SMILES string of the molecule is CCCCCCCCCC/C=C\CCCCCCCCCCCC(=O)NC(COP(=O)(O)OCC[N+](C)(C)C)C(O)CCCCCCCCCCCCCCCCCCCCCCC. The van der Waals surface area contributed by atoms with Gasteiger partial charge >= 0.3 is 7.82 Å². The maximum atomic E-state index is 13.0. The number of aliphatic hydroxyl groups is 1. The number of phosphoric acid groups is 1. The number of hydrogen-bond donors (Lipinski definition) is 3. The van der Waals surface area contributed by atoms with Crippen LogP contribution in [0.1, 0.15) is 284 Å². The Morgan fingerprint density at radius 2 is 0.844 bits per heavy atom. The van der Waals surface area contributed by atoms with Crippen molar-refractivity contribution in [1.29, 1.82) is 0 Å². The zero-order valence-electron chi connectivity index (χ0n) is 43.6. The topological polar surface area (TPSA) is 105 Å². The van der Waals surface area contributed by atoms with Crippen LogP contribution in [-0.2, 0) is 18.4 Å². The van der Waals surface area contributed by atoms with Gasteiger partial charge < -0.3 is 19.8 Å². The quantitative estimate of drug-likeness (QED) is 0.0243. The largest absolute Gasteiger partial charge is 0.472 e. The lowest BCUT2D eigenvalue weighted by molar-refractivity contribution is -0.870. The van der Waals surface area contributed by atoms with E-state index in [2.05, 4.69) is 31.3 Å². The number of aliphatic hydroxyl groups excluding tert-OH is 1. The first-order valence-electron chi connectivity index (χ1n) is 28.1. The molecule has 0 saturated heterocycles. The number of nitrogens with zero attached hydrogens (tertiary/aromatic N) is 1. The Bertz CT molecular complexity index is 1050. The summed E-state index contributed by atoms with van der Waals surface area (Å²) >= 11 is 0. The minimum absolute atomic E-state index is 0.0768. The van der Waals surface area contributed by atoms with Crippen LogP contribution in [0.2, 0.25) is 0 Å². The van der Waals surface area contributed by atoms with E-state index in [1.807, 2.05) is 21.1 Å². The van der Waals surface area contributed by atoms with Gasteiger partial charge in [0.2, 0.25) is 5.91 Å². The van der Waals surface area contributed by atoms with Gasteiger partial charge in [0.05, 0.1) is 39.9 Å². The fraction of sp³-hybridized carbons (Fsp3) is 0.945. The molecule has 3 atom stereocenters. The first kappa shape index (κ1) is 63.2. The number of unbranched alkanes of at least 4 members (excludes halogenated alkanes) is 37. The summed E-state index contributed by atoms with van der Waals surface area (Å²) in [5, 5.41) is 14.1. The normalized spacial score (nSPS) is 14.0. The monoisotopic (exact) mass is 928 g/mol. The fourth-order valence-corrected chi connectivity index (χ4v) is 9.31. The van der Waals surface area contributed by atoms with Gasteiger partial charge in [0, 0.05) is 6.42 Å². The highest BCUT2D eigenvalue weighted by atomic mass is 31.2. The van der Waals surface area contributed by atoms with E-state index in [-0.39, 0.29) is 19.1 Å². The number of hydrogen-bond acceptors (Lipinski definition) is 5. The summed E-state index contributed by atoms with van der Waals surface area (Å²) in [6.45, 7) is 4.93. The van der Waals surface area contributed by atoms with Crippen LogP contribution in [0, 0.1) is 0 Å². The van der Waals surface area contributed by atoms with Crippen molar-refractivity contribution in [3.8, 4) is 0 Å². The first-order chi connectivity index (χ1) is 31.0. The van der Waals surface area contributed by atoms with Gasteiger partial charge in [0.25, 0.3) is 0 Å². The highest BCUT2D eigenvalue weighted by Gasteiger charge is 2.28. The molecule has 0 aliphatic heterocycles. The van der Waals surface area contributed by atoms with Crippen molar-refractivity contribution in [2.24, 2.45) is 0 Å². The molecule has 8 nitrogen and oxygen atoms in total. The van der Waals surface area contributed by atoms with Gasteiger partial charge in [-0.05, 0) is 38.5 Å². The summed E-state index contributed by atoms with van der Waals surface area (Å²) in [6, 6.07) is -0.759. The van der Waals surface area contributed by atoms with E-state index in [1.54, 1.807) is 0 Å². The van der Waals surface area contributed by atoms with Crippen LogP contribution in [0.15, 0.2) is 12.2 Å². The van der Waals surface area contributed by atoms with Gasteiger partial charge in [-0.2, -0.15) is 0 Å². The Labute approximate surface area is 399 Å². The molecule has 0 aliphatic rings. The fourth-order valence-electron chi connectivity index (χ4n) is 8.57. The Kier molecular flexibility index (Phi) is 46.8. The van der Waals surface area contributed by atoms with E-state index in [4.69, 9.17) is 9.05 Å². The molecule has 0 aromatic rings. The minimum atomic E-state index is -4.32. The summed E-state index contributed by atoms with van der Waals surface area (Å²) in [5.41, 5.74) is 0. The number of quaternary nitrogens is 1. The number of rotatable bonds is 52. The molecular formula is C55H112N2O6P+. The summed E-state index contributed by atoms with van der Waals surface area (Å²) in [5.74, 6) is -0.142. The van der Waals surface area contributed by atoms with Crippen LogP contribution in [0.5, 0.6) is 0 Å². The molecule has 0 aromatic carbocycles. The molecule has 3 N–H and O–H groups in total. The molecule has 382 valence electrons.